The van der Waals surface area contributed by atoms with Gasteiger partial charge in [0, 0.05) is 18.8 Å². The standard InChI is InChI=1S/C26H42O3/c1-5-29-23(28)12-9-17(2)19-10-11-20-24-21(13-15-26(19,20)4)25(3)14-7-6-8-18(25)16-22(24)27/h17-21,24H,5-16H2,1-4H3/t17-,18?,19?,20?,21?,24?,25?,26?/m1/s1. The van der Waals surface area contributed by atoms with E-state index in [0.717, 1.165) is 12.8 Å². The lowest BCUT2D eigenvalue weighted by Gasteiger charge is -2.60. The fraction of sp³-hybridized carbons (Fsp3) is 0.923. The van der Waals surface area contributed by atoms with E-state index in [1.807, 2.05) is 6.92 Å². The lowest BCUT2D eigenvalue weighted by atomic mass is 9.44. The summed E-state index contributed by atoms with van der Waals surface area (Å²) in [4.78, 5) is 25.3. The van der Waals surface area contributed by atoms with Gasteiger partial charge in [-0.1, -0.05) is 33.6 Å². The maximum Gasteiger partial charge on any atom is 0.305 e. The first kappa shape index (κ1) is 21.4. The number of carbonyl (C=O) groups excluding carboxylic acids is 2. The molecule has 29 heavy (non-hydrogen) atoms. The Hall–Kier alpha value is -0.860. The van der Waals surface area contributed by atoms with E-state index in [1.54, 1.807) is 0 Å². The Labute approximate surface area is 177 Å². The minimum absolute atomic E-state index is 0.0542. The van der Waals surface area contributed by atoms with E-state index in [-0.39, 0.29) is 11.4 Å². The number of Topliss-reactive ketones (excluding diaryl/α,β-unsaturated/α-hetero) is 1. The van der Waals surface area contributed by atoms with E-state index in [2.05, 4.69) is 20.8 Å². The van der Waals surface area contributed by atoms with Gasteiger partial charge in [-0.3, -0.25) is 9.59 Å². The van der Waals surface area contributed by atoms with Crippen molar-refractivity contribution in [2.45, 2.75) is 98.3 Å². The molecule has 0 N–H and O–H groups in total. The topological polar surface area (TPSA) is 43.4 Å². The van der Waals surface area contributed by atoms with E-state index in [1.165, 1.54) is 51.4 Å². The summed E-state index contributed by atoms with van der Waals surface area (Å²) in [6.07, 6.45) is 12.6. The van der Waals surface area contributed by atoms with Gasteiger partial charge in [-0.2, -0.15) is 0 Å². The van der Waals surface area contributed by atoms with Crippen LogP contribution in [0.15, 0.2) is 0 Å². The minimum Gasteiger partial charge on any atom is -0.466 e. The van der Waals surface area contributed by atoms with Crippen LogP contribution >= 0.6 is 0 Å². The Balaban J connectivity index is 1.50. The van der Waals surface area contributed by atoms with Crippen molar-refractivity contribution >= 4 is 11.8 Å². The molecule has 4 saturated carbocycles. The highest BCUT2D eigenvalue weighted by Gasteiger charge is 2.62. The highest BCUT2D eigenvalue weighted by atomic mass is 16.5. The molecule has 4 fully saturated rings. The number of ether oxygens (including phenoxy) is 1. The number of fused-ring (bicyclic) bond motifs is 5. The normalized spacial score (nSPS) is 45.1. The zero-order chi connectivity index (χ0) is 20.8. The number of ketones is 1. The molecule has 0 saturated heterocycles. The van der Waals surface area contributed by atoms with Crippen molar-refractivity contribution in [3.05, 3.63) is 0 Å². The molecule has 0 aromatic rings. The molecule has 4 aliphatic carbocycles. The van der Waals surface area contributed by atoms with Gasteiger partial charge >= 0.3 is 5.97 Å². The van der Waals surface area contributed by atoms with Crippen LogP contribution in [0.4, 0.5) is 0 Å². The van der Waals surface area contributed by atoms with Crippen LogP contribution in [0.3, 0.4) is 0 Å². The van der Waals surface area contributed by atoms with Crippen LogP contribution in [0.1, 0.15) is 98.3 Å². The summed E-state index contributed by atoms with van der Waals surface area (Å²) in [5.41, 5.74) is 0.689. The average molecular weight is 403 g/mol. The summed E-state index contributed by atoms with van der Waals surface area (Å²) in [6.45, 7) is 9.72. The quantitative estimate of drug-likeness (QED) is 0.515. The van der Waals surface area contributed by atoms with Crippen LogP contribution in [0.5, 0.6) is 0 Å². The third-order valence-electron chi connectivity index (χ3n) is 10.3. The highest BCUT2D eigenvalue weighted by molar-refractivity contribution is 5.83. The second-order valence-corrected chi connectivity index (χ2v) is 11.4. The fourth-order valence-corrected chi connectivity index (χ4v) is 8.72. The lowest BCUT2D eigenvalue weighted by Crippen LogP contribution is -2.56. The summed E-state index contributed by atoms with van der Waals surface area (Å²) >= 11 is 0. The van der Waals surface area contributed by atoms with Crippen molar-refractivity contribution in [2.75, 3.05) is 6.61 Å². The SMILES string of the molecule is CCOC(=O)CC[C@@H](C)C1CCC2C3C(=O)CC4CCCCC4(C)C3CCC21C. The first-order valence-electron chi connectivity index (χ1n) is 12.5. The summed E-state index contributed by atoms with van der Waals surface area (Å²) in [6, 6.07) is 0. The number of esters is 1. The lowest BCUT2D eigenvalue weighted by molar-refractivity contribution is -0.156. The highest BCUT2D eigenvalue weighted by Crippen LogP contribution is 2.67. The van der Waals surface area contributed by atoms with Crippen molar-refractivity contribution in [1.82, 2.24) is 0 Å². The number of carbonyl (C=O) groups is 2. The Kier molecular flexibility index (Phi) is 5.90. The van der Waals surface area contributed by atoms with Gasteiger partial charge in [0.2, 0.25) is 0 Å². The van der Waals surface area contributed by atoms with Gasteiger partial charge in [0.05, 0.1) is 6.61 Å². The molecular formula is C26H42O3. The molecule has 164 valence electrons. The van der Waals surface area contributed by atoms with Gasteiger partial charge in [-0.05, 0) is 92.3 Å². The van der Waals surface area contributed by atoms with Gasteiger partial charge in [0.25, 0.3) is 0 Å². The van der Waals surface area contributed by atoms with Crippen LogP contribution in [0, 0.1) is 46.3 Å². The Bertz CT molecular complexity index is 642. The van der Waals surface area contributed by atoms with Gasteiger partial charge in [-0.25, -0.2) is 0 Å². The van der Waals surface area contributed by atoms with Crippen molar-refractivity contribution in [3.63, 3.8) is 0 Å². The summed E-state index contributed by atoms with van der Waals surface area (Å²) in [7, 11) is 0. The average Bonchev–Trinajstić information content (AvgIpc) is 3.04. The molecule has 3 nitrogen and oxygen atoms in total. The summed E-state index contributed by atoms with van der Waals surface area (Å²) in [5, 5.41) is 0. The van der Waals surface area contributed by atoms with Crippen molar-refractivity contribution in [1.29, 1.82) is 0 Å². The first-order valence-corrected chi connectivity index (χ1v) is 12.5. The van der Waals surface area contributed by atoms with E-state index in [4.69, 9.17) is 4.74 Å². The molecular weight excluding hydrogens is 360 g/mol. The predicted molar refractivity (Wildman–Crippen MR) is 115 cm³/mol. The van der Waals surface area contributed by atoms with Gasteiger partial charge in [0.15, 0.2) is 0 Å². The summed E-state index contributed by atoms with van der Waals surface area (Å²) < 4.78 is 5.15. The second-order valence-electron chi connectivity index (χ2n) is 11.4. The van der Waals surface area contributed by atoms with Crippen LogP contribution in [0.25, 0.3) is 0 Å². The third kappa shape index (κ3) is 3.49. The van der Waals surface area contributed by atoms with Crippen LogP contribution < -0.4 is 0 Å². The largest absolute Gasteiger partial charge is 0.466 e. The Morgan fingerprint density at radius 1 is 1.07 bits per heavy atom. The van der Waals surface area contributed by atoms with E-state index in [0.29, 0.717) is 59.7 Å². The Morgan fingerprint density at radius 2 is 1.83 bits per heavy atom. The maximum absolute atomic E-state index is 13.4. The molecule has 4 rings (SSSR count). The smallest absolute Gasteiger partial charge is 0.305 e. The van der Waals surface area contributed by atoms with E-state index in [9.17, 15) is 9.59 Å². The minimum atomic E-state index is -0.0542. The molecule has 0 heterocycles. The van der Waals surface area contributed by atoms with Crippen LogP contribution in [-0.4, -0.2) is 18.4 Å². The summed E-state index contributed by atoms with van der Waals surface area (Å²) in [5.74, 6) is 3.89. The third-order valence-corrected chi connectivity index (χ3v) is 10.3. The molecule has 3 heteroatoms. The van der Waals surface area contributed by atoms with E-state index >= 15 is 0 Å². The monoisotopic (exact) mass is 402 g/mol. The molecule has 0 aliphatic heterocycles. The van der Waals surface area contributed by atoms with Crippen molar-refractivity contribution in [2.24, 2.45) is 46.3 Å². The number of hydrogen-bond acceptors (Lipinski definition) is 3. The molecule has 0 radical (unpaired) electrons. The van der Waals surface area contributed by atoms with Gasteiger partial charge in [-0.15, -0.1) is 0 Å². The first-order chi connectivity index (χ1) is 13.8. The molecule has 4 aliphatic rings. The molecule has 0 bridgehead atoms. The number of hydrogen-bond donors (Lipinski definition) is 0. The van der Waals surface area contributed by atoms with Gasteiger partial charge < -0.3 is 4.74 Å². The molecule has 0 aromatic carbocycles. The molecule has 0 amide bonds. The van der Waals surface area contributed by atoms with E-state index < -0.39 is 0 Å². The van der Waals surface area contributed by atoms with Crippen LogP contribution in [-0.2, 0) is 14.3 Å². The molecule has 0 spiro atoms. The van der Waals surface area contributed by atoms with Crippen molar-refractivity contribution in [3.8, 4) is 0 Å². The number of rotatable bonds is 5. The molecule has 8 atom stereocenters. The molecule has 0 aromatic heterocycles. The Morgan fingerprint density at radius 3 is 2.59 bits per heavy atom. The van der Waals surface area contributed by atoms with Crippen LogP contribution in [0.2, 0.25) is 0 Å². The fourth-order valence-electron chi connectivity index (χ4n) is 8.72. The predicted octanol–water partition coefficient (Wildman–Crippen LogP) is 6.19. The zero-order valence-electron chi connectivity index (χ0n) is 19.2. The molecule has 7 unspecified atom stereocenters. The van der Waals surface area contributed by atoms with Crippen molar-refractivity contribution < 1.29 is 14.3 Å². The van der Waals surface area contributed by atoms with Gasteiger partial charge in [0.1, 0.15) is 5.78 Å². The zero-order valence-corrected chi connectivity index (χ0v) is 19.2. The maximum atomic E-state index is 13.4. The second kappa shape index (κ2) is 8.00.